The van der Waals surface area contributed by atoms with Crippen molar-refractivity contribution < 1.29 is 19.1 Å². The standard InChI is InChI=1S/C19H26BrN3O4/c1-4-27-19(26)23-9-5-6-14(11-23)18(25)22(3)12-17(24)21-16-8-7-15(20)10-13(16)2/h7-8,10,14H,4-6,9,11-12H2,1-3H3,(H,21,24)/t14-/m1/s1. The van der Waals surface area contributed by atoms with Crippen molar-refractivity contribution in [2.75, 3.05) is 38.6 Å². The van der Waals surface area contributed by atoms with E-state index in [-0.39, 0.29) is 30.4 Å². The van der Waals surface area contributed by atoms with Crippen LogP contribution in [-0.4, -0.2) is 61.0 Å². The molecule has 1 aliphatic heterocycles. The summed E-state index contributed by atoms with van der Waals surface area (Å²) in [6.07, 6.45) is 1.06. The molecule has 8 heteroatoms. The lowest BCUT2D eigenvalue weighted by Gasteiger charge is -2.33. The number of hydrogen-bond acceptors (Lipinski definition) is 4. The number of carbonyl (C=O) groups is 3. The van der Waals surface area contributed by atoms with Crippen LogP contribution in [0, 0.1) is 12.8 Å². The molecule has 1 aromatic carbocycles. The SMILES string of the molecule is CCOC(=O)N1CCC[C@@H](C(=O)N(C)CC(=O)Nc2ccc(Br)cc2C)C1. The second-order valence-corrected chi connectivity index (χ2v) is 7.60. The van der Waals surface area contributed by atoms with E-state index in [9.17, 15) is 14.4 Å². The summed E-state index contributed by atoms with van der Waals surface area (Å²) in [6, 6.07) is 5.58. The van der Waals surface area contributed by atoms with Gasteiger partial charge in [-0.2, -0.15) is 0 Å². The summed E-state index contributed by atoms with van der Waals surface area (Å²) in [4.78, 5) is 39.9. The van der Waals surface area contributed by atoms with Crippen molar-refractivity contribution in [1.29, 1.82) is 0 Å². The van der Waals surface area contributed by atoms with Gasteiger partial charge in [0.25, 0.3) is 0 Å². The zero-order valence-corrected chi connectivity index (χ0v) is 17.5. The van der Waals surface area contributed by atoms with E-state index in [2.05, 4.69) is 21.2 Å². The number of nitrogens with one attached hydrogen (secondary N) is 1. The number of carbonyl (C=O) groups excluding carboxylic acids is 3. The number of amides is 3. The number of halogens is 1. The lowest BCUT2D eigenvalue weighted by atomic mass is 9.97. The molecule has 1 N–H and O–H groups in total. The minimum Gasteiger partial charge on any atom is -0.450 e. The molecule has 148 valence electrons. The number of hydrogen-bond donors (Lipinski definition) is 1. The molecule has 1 aromatic rings. The second-order valence-electron chi connectivity index (χ2n) is 6.69. The van der Waals surface area contributed by atoms with Crippen LogP contribution < -0.4 is 5.32 Å². The number of nitrogens with zero attached hydrogens (tertiary/aromatic N) is 2. The third-order valence-corrected chi connectivity index (χ3v) is 5.01. The number of anilines is 1. The number of rotatable bonds is 5. The number of likely N-dealkylation sites (tertiary alicyclic amines) is 1. The zero-order valence-electron chi connectivity index (χ0n) is 16.0. The van der Waals surface area contributed by atoms with Crippen LogP contribution in [0.1, 0.15) is 25.3 Å². The van der Waals surface area contributed by atoms with E-state index < -0.39 is 0 Å². The van der Waals surface area contributed by atoms with Crippen LogP contribution in [0.3, 0.4) is 0 Å². The first-order chi connectivity index (χ1) is 12.8. The van der Waals surface area contributed by atoms with Crippen LogP contribution in [0.15, 0.2) is 22.7 Å². The van der Waals surface area contributed by atoms with Crippen LogP contribution in [-0.2, 0) is 14.3 Å². The summed E-state index contributed by atoms with van der Waals surface area (Å²) in [5.74, 6) is -0.698. The van der Waals surface area contributed by atoms with Crippen molar-refractivity contribution in [2.45, 2.75) is 26.7 Å². The Morgan fingerprint density at radius 3 is 2.78 bits per heavy atom. The molecule has 1 atom stereocenters. The van der Waals surface area contributed by atoms with Crippen molar-refractivity contribution in [3.8, 4) is 0 Å². The fourth-order valence-corrected chi connectivity index (χ4v) is 3.60. The highest BCUT2D eigenvalue weighted by atomic mass is 79.9. The van der Waals surface area contributed by atoms with Crippen LogP contribution in [0.2, 0.25) is 0 Å². The minimum absolute atomic E-state index is 0.0375. The van der Waals surface area contributed by atoms with Gasteiger partial charge in [0.1, 0.15) is 0 Å². The molecule has 2 rings (SSSR count). The molecule has 0 radical (unpaired) electrons. The maximum Gasteiger partial charge on any atom is 0.409 e. The largest absolute Gasteiger partial charge is 0.450 e. The second kappa shape index (κ2) is 9.73. The van der Waals surface area contributed by atoms with Gasteiger partial charge in [0, 0.05) is 30.3 Å². The average Bonchev–Trinajstić information content (AvgIpc) is 2.63. The Morgan fingerprint density at radius 1 is 1.37 bits per heavy atom. The summed E-state index contributed by atoms with van der Waals surface area (Å²) in [5.41, 5.74) is 1.65. The van der Waals surface area contributed by atoms with Gasteiger partial charge in [-0.25, -0.2) is 4.79 Å². The third kappa shape index (κ3) is 5.95. The molecule has 1 fully saturated rings. The Balaban J connectivity index is 1.90. The first-order valence-corrected chi connectivity index (χ1v) is 9.83. The lowest BCUT2D eigenvalue weighted by Crippen LogP contribution is -2.47. The first-order valence-electron chi connectivity index (χ1n) is 9.04. The Kier molecular flexibility index (Phi) is 7.65. The van der Waals surface area contributed by atoms with Crippen molar-refractivity contribution >= 4 is 39.5 Å². The molecule has 0 unspecified atom stereocenters. The molecular weight excluding hydrogens is 414 g/mol. The van der Waals surface area contributed by atoms with Gasteiger partial charge in [-0.3, -0.25) is 9.59 Å². The number of ether oxygens (including phenoxy) is 1. The molecular formula is C19H26BrN3O4. The highest BCUT2D eigenvalue weighted by molar-refractivity contribution is 9.10. The van der Waals surface area contributed by atoms with Gasteiger partial charge in [0.05, 0.1) is 19.1 Å². The van der Waals surface area contributed by atoms with Crippen LogP contribution in [0.25, 0.3) is 0 Å². The molecule has 1 aliphatic rings. The maximum atomic E-state index is 12.7. The predicted octanol–water partition coefficient (Wildman–Crippen LogP) is 3.02. The topological polar surface area (TPSA) is 79.0 Å². The monoisotopic (exact) mass is 439 g/mol. The molecule has 7 nitrogen and oxygen atoms in total. The molecule has 0 aliphatic carbocycles. The summed E-state index contributed by atoms with van der Waals surface area (Å²) < 4.78 is 5.95. The number of likely N-dealkylation sites (N-methyl/N-ethyl adjacent to an activating group) is 1. The molecule has 1 heterocycles. The summed E-state index contributed by atoms with van der Waals surface area (Å²) in [7, 11) is 1.61. The number of aryl methyl sites for hydroxylation is 1. The first kappa shape index (κ1) is 21.2. The minimum atomic E-state index is -0.388. The van der Waals surface area contributed by atoms with Crippen molar-refractivity contribution in [2.24, 2.45) is 5.92 Å². The molecule has 0 bridgehead atoms. The molecule has 0 aromatic heterocycles. The molecule has 0 spiro atoms. The predicted molar refractivity (Wildman–Crippen MR) is 106 cm³/mol. The highest BCUT2D eigenvalue weighted by Gasteiger charge is 2.31. The van der Waals surface area contributed by atoms with Crippen molar-refractivity contribution in [3.05, 3.63) is 28.2 Å². The van der Waals surface area contributed by atoms with Gasteiger partial charge in [0.2, 0.25) is 11.8 Å². The normalized spacial score (nSPS) is 16.6. The smallest absolute Gasteiger partial charge is 0.409 e. The quantitative estimate of drug-likeness (QED) is 0.764. The summed E-state index contributed by atoms with van der Waals surface area (Å²) in [6.45, 7) is 4.85. The van der Waals surface area contributed by atoms with E-state index in [0.29, 0.717) is 26.1 Å². The molecule has 27 heavy (non-hydrogen) atoms. The van der Waals surface area contributed by atoms with Crippen LogP contribution in [0.5, 0.6) is 0 Å². The van der Waals surface area contributed by atoms with E-state index in [4.69, 9.17) is 4.74 Å². The van der Waals surface area contributed by atoms with Crippen molar-refractivity contribution in [1.82, 2.24) is 9.80 Å². The molecule has 1 saturated heterocycles. The van der Waals surface area contributed by atoms with Crippen LogP contribution >= 0.6 is 15.9 Å². The van der Waals surface area contributed by atoms with Gasteiger partial charge >= 0.3 is 6.09 Å². The lowest BCUT2D eigenvalue weighted by molar-refractivity contribution is -0.138. The Hall–Kier alpha value is -2.09. The van der Waals surface area contributed by atoms with E-state index in [1.54, 1.807) is 18.9 Å². The van der Waals surface area contributed by atoms with Crippen molar-refractivity contribution in [3.63, 3.8) is 0 Å². The highest BCUT2D eigenvalue weighted by Crippen LogP contribution is 2.21. The van der Waals surface area contributed by atoms with E-state index in [1.807, 2.05) is 25.1 Å². The Bertz CT molecular complexity index is 710. The van der Waals surface area contributed by atoms with Gasteiger partial charge in [-0.05, 0) is 50.5 Å². The van der Waals surface area contributed by atoms with Crippen LogP contribution in [0.4, 0.5) is 10.5 Å². The van der Waals surface area contributed by atoms with Gasteiger partial charge in [0.15, 0.2) is 0 Å². The number of benzene rings is 1. The van der Waals surface area contributed by atoms with Gasteiger partial charge in [-0.1, -0.05) is 15.9 Å². The van der Waals surface area contributed by atoms with Gasteiger partial charge < -0.3 is 19.9 Å². The fraction of sp³-hybridized carbons (Fsp3) is 0.526. The fourth-order valence-electron chi connectivity index (χ4n) is 3.12. The van der Waals surface area contributed by atoms with E-state index in [1.165, 1.54) is 4.90 Å². The van der Waals surface area contributed by atoms with E-state index >= 15 is 0 Å². The maximum absolute atomic E-state index is 12.7. The third-order valence-electron chi connectivity index (χ3n) is 4.52. The molecule has 0 saturated carbocycles. The van der Waals surface area contributed by atoms with Gasteiger partial charge in [-0.15, -0.1) is 0 Å². The zero-order chi connectivity index (χ0) is 20.0. The summed E-state index contributed by atoms with van der Waals surface area (Å²) >= 11 is 3.39. The summed E-state index contributed by atoms with van der Waals surface area (Å²) in [5, 5.41) is 2.83. The number of piperidine rings is 1. The average molecular weight is 440 g/mol. The Morgan fingerprint density at radius 2 is 2.11 bits per heavy atom. The molecule has 3 amide bonds. The Labute approximate surface area is 168 Å². The van der Waals surface area contributed by atoms with E-state index in [0.717, 1.165) is 22.1 Å².